The molecule has 1 aromatic carbocycles. The molecule has 0 aliphatic carbocycles. The van der Waals surface area contributed by atoms with Gasteiger partial charge in [-0.1, -0.05) is 12.1 Å². The SMILES string of the molecule is F[B-]1(F)Nc2ccccc2C2=[N+]1NC(c1ccncc1)C2. The van der Waals surface area contributed by atoms with E-state index < -0.39 is 6.97 Å². The first kappa shape index (κ1) is 12.3. The molecule has 4 nitrogen and oxygen atoms in total. The first-order valence-electron chi connectivity index (χ1n) is 6.86. The molecule has 1 unspecified atom stereocenters. The summed E-state index contributed by atoms with van der Waals surface area (Å²) in [5.41, 5.74) is 5.83. The fourth-order valence-corrected chi connectivity index (χ4v) is 3.01. The first-order valence-corrected chi connectivity index (χ1v) is 6.86. The number of benzene rings is 1. The highest BCUT2D eigenvalue weighted by atomic mass is 19.2. The molecule has 7 heteroatoms. The normalized spacial score (nSPS) is 22.1. The molecule has 0 bridgehead atoms. The number of anilines is 1. The summed E-state index contributed by atoms with van der Waals surface area (Å²) in [4.78, 5) is 3.97. The second-order valence-electron chi connectivity index (χ2n) is 5.30. The largest absolute Gasteiger partial charge is 0.752 e. The van der Waals surface area contributed by atoms with Crippen molar-refractivity contribution in [3.63, 3.8) is 0 Å². The zero-order valence-corrected chi connectivity index (χ0v) is 11.1. The van der Waals surface area contributed by atoms with E-state index in [1.165, 1.54) is 0 Å². The minimum atomic E-state index is -3.86. The van der Waals surface area contributed by atoms with Crippen LogP contribution in [0.1, 0.15) is 23.6 Å². The minimum absolute atomic E-state index is 0.163. The van der Waals surface area contributed by atoms with Gasteiger partial charge in [-0.2, -0.15) is 0 Å². The summed E-state index contributed by atoms with van der Waals surface area (Å²) in [7, 11) is 0. The second-order valence-corrected chi connectivity index (χ2v) is 5.30. The average molecular weight is 286 g/mol. The molecule has 0 fully saturated rings. The number of para-hydroxylation sites is 1. The fraction of sp³-hybridized carbons (Fsp3) is 0.143. The second kappa shape index (κ2) is 4.28. The van der Waals surface area contributed by atoms with Gasteiger partial charge in [0.15, 0.2) is 5.71 Å². The molecule has 3 heterocycles. The fourth-order valence-electron chi connectivity index (χ4n) is 3.01. The number of hydrogen-bond acceptors (Lipinski definition) is 3. The summed E-state index contributed by atoms with van der Waals surface area (Å²) in [6, 6.07) is 10.7. The van der Waals surface area contributed by atoms with Crippen LogP contribution in [0.3, 0.4) is 0 Å². The zero-order valence-electron chi connectivity index (χ0n) is 11.1. The van der Waals surface area contributed by atoms with E-state index >= 15 is 0 Å². The van der Waals surface area contributed by atoms with Gasteiger partial charge >= 0.3 is 6.97 Å². The van der Waals surface area contributed by atoms with Crippen LogP contribution in [-0.4, -0.2) is 22.3 Å². The number of fused-ring (bicyclic) bond motifs is 2. The van der Waals surface area contributed by atoms with Gasteiger partial charge in [0.1, 0.15) is 6.04 Å². The summed E-state index contributed by atoms with van der Waals surface area (Å²) in [5.74, 6) is 0. The lowest BCUT2D eigenvalue weighted by molar-refractivity contribution is -0.484. The Labute approximate surface area is 120 Å². The van der Waals surface area contributed by atoms with Crippen LogP contribution in [0.15, 0.2) is 48.8 Å². The Morgan fingerprint density at radius 1 is 1.14 bits per heavy atom. The third kappa shape index (κ3) is 1.88. The first-order chi connectivity index (χ1) is 10.1. The van der Waals surface area contributed by atoms with Crippen molar-refractivity contribution in [3.05, 3.63) is 59.9 Å². The number of pyridine rings is 1. The summed E-state index contributed by atoms with van der Waals surface area (Å²) in [6.45, 7) is -3.86. The molecule has 2 aliphatic heterocycles. The number of nitrogens with zero attached hydrogens (tertiary/aromatic N) is 2. The Morgan fingerprint density at radius 3 is 2.71 bits per heavy atom. The summed E-state index contributed by atoms with van der Waals surface area (Å²) in [5, 5.41) is 2.34. The number of aromatic nitrogens is 1. The van der Waals surface area contributed by atoms with E-state index in [0.29, 0.717) is 17.8 Å². The number of hydrazine groups is 1. The molecule has 0 radical (unpaired) electrons. The third-order valence-electron chi connectivity index (χ3n) is 3.98. The van der Waals surface area contributed by atoms with Gasteiger partial charge in [0.25, 0.3) is 0 Å². The van der Waals surface area contributed by atoms with Gasteiger partial charge in [-0.25, -0.2) is 10.0 Å². The maximum Gasteiger partial charge on any atom is 0.752 e. The van der Waals surface area contributed by atoms with Crippen LogP contribution in [0.5, 0.6) is 0 Å². The molecule has 2 N–H and O–H groups in total. The molecule has 1 aromatic heterocycles. The van der Waals surface area contributed by atoms with Crippen molar-refractivity contribution in [1.29, 1.82) is 0 Å². The van der Waals surface area contributed by atoms with Gasteiger partial charge in [-0.05, 0) is 29.8 Å². The van der Waals surface area contributed by atoms with Gasteiger partial charge in [0.2, 0.25) is 0 Å². The lowest BCUT2D eigenvalue weighted by Crippen LogP contribution is -2.55. The lowest BCUT2D eigenvalue weighted by atomic mass is 9.89. The molecule has 2 aliphatic rings. The van der Waals surface area contributed by atoms with E-state index in [-0.39, 0.29) is 6.04 Å². The van der Waals surface area contributed by atoms with Gasteiger partial charge in [0.05, 0.1) is 12.0 Å². The van der Waals surface area contributed by atoms with Crippen molar-refractivity contribution < 1.29 is 13.2 Å². The standard InChI is InChI=1S/C14H13BF2N4/c16-15(17)19-12-4-2-1-3-11(12)14-9-13(20-21(14)15)10-5-7-18-8-6-10/h1-8,13,19-20H,9H2. The highest BCUT2D eigenvalue weighted by Crippen LogP contribution is 2.33. The highest BCUT2D eigenvalue weighted by Gasteiger charge is 2.52. The quantitative estimate of drug-likeness (QED) is 0.790. The van der Waals surface area contributed by atoms with Crippen molar-refractivity contribution in [2.45, 2.75) is 12.5 Å². The molecule has 0 spiro atoms. The number of hydrazone groups is 1. The van der Waals surface area contributed by atoms with Gasteiger partial charge < -0.3 is 13.9 Å². The van der Waals surface area contributed by atoms with Gasteiger partial charge in [-0.15, -0.1) is 0 Å². The topological polar surface area (TPSA) is 40.0 Å². The van der Waals surface area contributed by atoms with E-state index in [9.17, 15) is 8.63 Å². The van der Waals surface area contributed by atoms with E-state index in [1.807, 2.05) is 24.3 Å². The van der Waals surface area contributed by atoms with E-state index in [1.54, 1.807) is 24.5 Å². The van der Waals surface area contributed by atoms with Crippen molar-refractivity contribution in [2.24, 2.45) is 0 Å². The molecule has 0 amide bonds. The molecular formula is C14H13BF2N4. The Kier molecular flexibility index (Phi) is 2.51. The molecule has 0 saturated carbocycles. The van der Waals surface area contributed by atoms with E-state index in [0.717, 1.165) is 15.7 Å². The van der Waals surface area contributed by atoms with Crippen LogP contribution in [-0.2, 0) is 0 Å². The Hall–Kier alpha value is -2.44. The van der Waals surface area contributed by atoms with Crippen molar-refractivity contribution in [2.75, 3.05) is 5.23 Å². The molecular weight excluding hydrogens is 273 g/mol. The smallest absolute Gasteiger partial charge is 0.431 e. The summed E-state index contributed by atoms with van der Waals surface area (Å²) >= 11 is 0. The number of halogens is 2. The molecule has 4 rings (SSSR count). The highest BCUT2D eigenvalue weighted by molar-refractivity contribution is 6.63. The van der Waals surface area contributed by atoms with Gasteiger partial charge in [-0.3, -0.25) is 4.98 Å². The monoisotopic (exact) mass is 286 g/mol. The van der Waals surface area contributed by atoms with E-state index in [4.69, 9.17) is 0 Å². The molecule has 21 heavy (non-hydrogen) atoms. The molecule has 0 saturated heterocycles. The zero-order chi connectivity index (χ0) is 14.4. The predicted molar refractivity (Wildman–Crippen MR) is 77.1 cm³/mol. The molecule has 1 atom stereocenters. The Bertz CT molecular complexity index is 733. The van der Waals surface area contributed by atoms with Crippen LogP contribution in [0, 0.1) is 0 Å². The van der Waals surface area contributed by atoms with Crippen LogP contribution < -0.4 is 10.7 Å². The van der Waals surface area contributed by atoms with Crippen molar-refractivity contribution in [3.8, 4) is 0 Å². The molecule has 2 aromatic rings. The number of hydrogen-bond donors (Lipinski definition) is 2. The third-order valence-corrected chi connectivity index (χ3v) is 3.98. The summed E-state index contributed by atoms with van der Waals surface area (Å²) < 4.78 is 29.6. The van der Waals surface area contributed by atoms with Crippen LogP contribution in [0.4, 0.5) is 14.3 Å². The minimum Gasteiger partial charge on any atom is -0.431 e. The van der Waals surface area contributed by atoms with Gasteiger partial charge in [0, 0.05) is 18.1 Å². The van der Waals surface area contributed by atoms with Crippen LogP contribution in [0.2, 0.25) is 0 Å². The maximum absolute atomic E-state index is 14.3. The van der Waals surface area contributed by atoms with Crippen molar-refractivity contribution in [1.82, 2.24) is 10.4 Å². The average Bonchev–Trinajstić information content (AvgIpc) is 2.94. The van der Waals surface area contributed by atoms with Crippen molar-refractivity contribution >= 4 is 18.4 Å². The Morgan fingerprint density at radius 2 is 1.90 bits per heavy atom. The molecule has 106 valence electrons. The number of nitrogens with one attached hydrogen (secondary N) is 2. The lowest BCUT2D eigenvalue weighted by Gasteiger charge is -2.28. The maximum atomic E-state index is 14.3. The van der Waals surface area contributed by atoms with Crippen LogP contribution in [0.25, 0.3) is 0 Å². The number of rotatable bonds is 1. The summed E-state index contributed by atoms with van der Waals surface area (Å²) in [6.07, 6.45) is 3.88. The predicted octanol–water partition coefficient (Wildman–Crippen LogP) is 2.33. The Balaban J connectivity index is 1.77. The van der Waals surface area contributed by atoms with E-state index in [2.05, 4.69) is 15.6 Å². The van der Waals surface area contributed by atoms with Crippen LogP contribution >= 0.6 is 0 Å².